The topological polar surface area (TPSA) is 71.5 Å². The highest BCUT2D eigenvalue weighted by molar-refractivity contribution is 7.92. The molecule has 8 heteroatoms. The van der Waals surface area contributed by atoms with Gasteiger partial charge in [-0.25, -0.2) is 16.8 Å². The number of nitrogens with zero attached hydrogens (tertiary/aromatic N) is 1. The van der Waals surface area contributed by atoms with Crippen LogP contribution in [-0.4, -0.2) is 40.0 Å². The Morgan fingerprint density at radius 3 is 2.48 bits per heavy atom. The van der Waals surface area contributed by atoms with Crippen LogP contribution in [0.5, 0.6) is 0 Å². The van der Waals surface area contributed by atoms with Gasteiger partial charge in [-0.05, 0) is 40.8 Å². The van der Waals surface area contributed by atoms with Crippen molar-refractivity contribution in [1.29, 1.82) is 0 Å². The maximum absolute atomic E-state index is 13.1. The molecule has 0 spiro atoms. The predicted molar refractivity (Wildman–Crippen MR) is 108 cm³/mol. The highest BCUT2D eigenvalue weighted by atomic mass is 32.2. The Hall–Kier alpha value is -1.74. The van der Waals surface area contributed by atoms with E-state index in [0.29, 0.717) is 0 Å². The van der Waals surface area contributed by atoms with Crippen molar-refractivity contribution >= 4 is 42.0 Å². The molecule has 0 aliphatic carbocycles. The lowest BCUT2D eigenvalue weighted by atomic mass is 10.1. The van der Waals surface area contributed by atoms with Crippen LogP contribution >= 0.6 is 11.3 Å². The lowest BCUT2D eigenvalue weighted by Crippen LogP contribution is -2.33. The van der Waals surface area contributed by atoms with Crippen LogP contribution in [0, 0.1) is 0 Å². The molecule has 1 aliphatic heterocycles. The molecule has 0 bridgehead atoms. The third-order valence-electron chi connectivity index (χ3n) is 4.92. The first-order valence-electron chi connectivity index (χ1n) is 8.62. The molecule has 27 heavy (non-hydrogen) atoms. The highest BCUT2D eigenvalue weighted by Crippen LogP contribution is 2.34. The molecule has 1 aromatic heterocycles. The largest absolute Gasteiger partial charge is 0.243 e. The molecule has 5 nitrogen and oxygen atoms in total. The second-order valence-electron chi connectivity index (χ2n) is 6.57. The van der Waals surface area contributed by atoms with Crippen molar-refractivity contribution in [1.82, 2.24) is 4.31 Å². The molecule has 0 saturated carbocycles. The van der Waals surface area contributed by atoms with Crippen LogP contribution in [0.3, 0.4) is 0 Å². The summed E-state index contributed by atoms with van der Waals surface area (Å²) in [6, 6.07) is 16.2. The standard InChI is InChI=1S/C19H19NO4S3/c21-26(22)13-11-20(10-9-19(26)18-6-3-12-25-18)27(23,24)17-8-7-15-4-1-2-5-16(15)14-17/h1-8,12,14,19H,9-11,13H2. The van der Waals surface area contributed by atoms with Crippen LogP contribution in [0.4, 0.5) is 0 Å². The van der Waals surface area contributed by atoms with Gasteiger partial charge in [-0.15, -0.1) is 11.3 Å². The molecule has 0 N–H and O–H groups in total. The van der Waals surface area contributed by atoms with Gasteiger partial charge in [0.25, 0.3) is 0 Å². The number of sulfonamides is 1. The monoisotopic (exact) mass is 421 g/mol. The fourth-order valence-electron chi connectivity index (χ4n) is 3.43. The van der Waals surface area contributed by atoms with Crippen molar-refractivity contribution in [3.8, 4) is 0 Å². The van der Waals surface area contributed by atoms with Crippen LogP contribution in [0.2, 0.25) is 0 Å². The molecule has 2 aromatic carbocycles. The Morgan fingerprint density at radius 1 is 0.963 bits per heavy atom. The number of hydrogen-bond acceptors (Lipinski definition) is 5. The molecule has 0 amide bonds. The summed E-state index contributed by atoms with van der Waals surface area (Å²) in [4.78, 5) is 0.980. The van der Waals surface area contributed by atoms with Gasteiger partial charge in [0.05, 0.1) is 15.9 Å². The molecular weight excluding hydrogens is 402 g/mol. The SMILES string of the molecule is O=S1(=O)CCN(S(=O)(=O)c2ccc3ccccc3c2)CCC1c1cccs1. The Labute approximate surface area is 163 Å². The summed E-state index contributed by atoms with van der Waals surface area (Å²) in [5.74, 6) is -0.164. The average molecular weight is 422 g/mol. The maximum atomic E-state index is 13.1. The average Bonchev–Trinajstić information content (AvgIpc) is 3.12. The van der Waals surface area contributed by atoms with E-state index in [-0.39, 0.29) is 30.2 Å². The molecule has 2 heterocycles. The minimum atomic E-state index is -3.75. The molecule has 4 rings (SSSR count). The number of benzene rings is 2. The third kappa shape index (κ3) is 3.54. The number of fused-ring (bicyclic) bond motifs is 1. The van der Waals surface area contributed by atoms with Gasteiger partial charge in [-0.1, -0.05) is 36.4 Å². The molecule has 1 atom stereocenters. The van der Waals surface area contributed by atoms with E-state index in [2.05, 4.69) is 0 Å². The summed E-state index contributed by atoms with van der Waals surface area (Å²) >= 11 is 1.40. The van der Waals surface area contributed by atoms with E-state index in [1.165, 1.54) is 15.6 Å². The molecule has 3 aromatic rings. The Morgan fingerprint density at radius 2 is 1.74 bits per heavy atom. The van der Waals surface area contributed by atoms with Gasteiger partial charge in [0, 0.05) is 18.0 Å². The van der Waals surface area contributed by atoms with Crippen LogP contribution in [0.25, 0.3) is 10.8 Å². The van der Waals surface area contributed by atoms with Crippen molar-refractivity contribution in [3.05, 3.63) is 64.9 Å². The van der Waals surface area contributed by atoms with Crippen LogP contribution in [0.1, 0.15) is 16.5 Å². The minimum absolute atomic E-state index is 0.0145. The molecule has 1 aliphatic rings. The van der Waals surface area contributed by atoms with E-state index >= 15 is 0 Å². The summed E-state index contributed by atoms with van der Waals surface area (Å²) < 4.78 is 52.9. The third-order valence-corrected chi connectivity index (χ3v) is 10.1. The smallest absolute Gasteiger partial charge is 0.228 e. The molecular formula is C19H19NO4S3. The van der Waals surface area contributed by atoms with Crippen molar-refractivity contribution in [2.75, 3.05) is 18.8 Å². The zero-order chi connectivity index (χ0) is 19.1. The zero-order valence-electron chi connectivity index (χ0n) is 14.5. The Bertz CT molecular complexity index is 1170. The number of rotatable bonds is 3. The summed E-state index contributed by atoms with van der Waals surface area (Å²) in [7, 11) is -7.14. The zero-order valence-corrected chi connectivity index (χ0v) is 16.9. The number of hydrogen-bond donors (Lipinski definition) is 0. The minimum Gasteiger partial charge on any atom is -0.228 e. The first-order chi connectivity index (χ1) is 12.9. The fourth-order valence-corrected chi connectivity index (χ4v) is 8.05. The van der Waals surface area contributed by atoms with Gasteiger partial charge in [-0.3, -0.25) is 0 Å². The highest BCUT2D eigenvalue weighted by Gasteiger charge is 2.36. The molecule has 1 saturated heterocycles. The maximum Gasteiger partial charge on any atom is 0.243 e. The van der Waals surface area contributed by atoms with E-state index in [9.17, 15) is 16.8 Å². The first-order valence-corrected chi connectivity index (χ1v) is 12.7. The molecule has 1 fully saturated rings. The number of sulfone groups is 1. The van der Waals surface area contributed by atoms with Gasteiger partial charge >= 0.3 is 0 Å². The van der Waals surface area contributed by atoms with Gasteiger partial charge < -0.3 is 0 Å². The van der Waals surface area contributed by atoms with E-state index in [1.807, 2.05) is 35.7 Å². The van der Waals surface area contributed by atoms with Crippen LogP contribution < -0.4 is 0 Å². The van der Waals surface area contributed by atoms with Crippen LogP contribution in [0.15, 0.2) is 64.9 Å². The lowest BCUT2D eigenvalue weighted by Gasteiger charge is -2.20. The molecule has 0 radical (unpaired) electrons. The summed E-state index contributed by atoms with van der Waals surface area (Å²) in [5, 5.41) is 3.03. The first kappa shape index (κ1) is 18.6. The summed E-state index contributed by atoms with van der Waals surface area (Å²) in [6.45, 7) is 0.177. The van der Waals surface area contributed by atoms with Crippen molar-refractivity contribution in [2.24, 2.45) is 0 Å². The van der Waals surface area contributed by atoms with E-state index in [0.717, 1.165) is 15.6 Å². The quantitative estimate of drug-likeness (QED) is 0.649. The van der Waals surface area contributed by atoms with E-state index in [4.69, 9.17) is 0 Å². The predicted octanol–water partition coefficient (Wildman–Crippen LogP) is 3.45. The van der Waals surface area contributed by atoms with Crippen molar-refractivity contribution in [2.45, 2.75) is 16.6 Å². The number of thiophene rings is 1. The Kier molecular flexibility index (Phi) is 4.84. The second-order valence-corrected chi connectivity index (χ2v) is 11.8. The second kappa shape index (κ2) is 7.01. The summed E-state index contributed by atoms with van der Waals surface area (Å²) in [5.41, 5.74) is 0. The van der Waals surface area contributed by atoms with Gasteiger partial charge in [0.1, 0.15) is 0 Å². The van der Waals surface area contributed by atoms with Crippen molar-refractivity contribution in [3.63, 3.8) is 0 Å². The fraction of sp³-hybridized carbons (Fsp3) is 0.263. The summed E-state index contributed by atoms with van der Waals surface area (Å²) in [6.07, 6.45) is 0.273. The lowest BCUT2D eigenvalue weighted by molar-refractivity contribution is 0.428. The van der Waals surface area contributed by atoms with Crippen LogP contribution in [-0.2, 0) is 19.9 Å². The van der Waals surface area contributed by atoms with Gasteiger partial charge in [0.15, 0.2) is 9.84 Å². The molecule has 1 unspecified atom stereocenters. The van der Waals surface area contributed by atoms with E-state index in [1.54, 1.807) is 24.3 Å². The van der Waals surface area contributed by atoms with E-state index < -0.39 is 25.1 Å². The van der Waals surface area contributed by atoms with Crippen molar-refractivity contribution < 1.29 is 16.8 Å². The molecule has 142 valence electrons. The van der Waals surface area contributed by atoms with Gasteiger partial charge in [0.2, 0.25) is 10.0 Å². The Balaban J connectivity index is 1.66. The normalized spacial score (nSPS) is 21.1. The van der Waals surface area contributed by atoms with Gasteiger partial charge in [-0.2, -0.15) is 4.31 Å².